The summed E-state index contributed by atoms with van der Waals surface area (Å²) in [5.74, 6) is 0. The predicted molar refractivity (Wildman–Crippen MR) is 53.1 cm³/mol. The molecule has 2 atom stereocenters. The highest BCUT2D eigenvalue weighted by atomic mass is 19.4. The third-order valence-electron chi connectivity index (χ3n) is 2.65. The molecule has 0 amide bonds. The number of nitrogens with zero attached hydrogens (tertiary/aromatic N) is 1. The normalized spacial score (nSPS) is 24.8. The predicted octanol–water partition coefficient (Wildman–Crippen LogP) is 1.41. The Morgan fingerprint density at radius 2 is 2.12 bits per heavy atom. The van der Waals surface area contributed by atoms with Crippen molar-refractivity contribution in [3.05, 3.63) is 0 Å². The molecule has 1 N–H and O–H groups in total. The van der Waals surface area contributed by atoms with Crippen molar-refractivity contribution in [3.63, 3.8) is 0 Å². The van der Waals surface area contributed by atoms with E-state index < -0.39 is 18.8 Å². The van der Waals surface area contributed by atoms with Gasteiger partial charge in [0.05, 0.1) is 6.10 Å². The standard InChI is InChI=1S/C10H18F3NO2/c1-14(7-9(15)10(11,12)13)6-8-4-2-3-5-16-8/h8-9,15H,2-7H2,1H3. The summed E-state index contributed by atoms with van der Waals surface area (Å²) >= 11 is 0. The van der Waals surface area contributed by atoms with Gasteiger partial charge in [0, 0.05) is 19.7 Å². The van der Waals surface area contributed by atoms with Gasteiger partial charge in [-0.15, -0.1) is 0 Å². The molecule has 1 aliphatic rings. The summed E-state index contributed by atoms with van der Waals surface area (Å²) in [7, 11) is 1.56. The van der Waals surface area contributed by atoms with Crippen LogP contribution in [0.5, 0.6) is 0 Å². The number of aliphatic hydroxyl groups excluding tert-OH is 1. The van der Waals surface area contributed by atoms with Crippen LogP contribution >= 0.6 is 0 Å². The van der Waals surface area contributed by atoms with Crippen molar-refractivity contribution in [1.82, 2.24) is 4.90 Å². The first-order valence-electron chi connectivity index (χ1n) is 5.44. The van der Waals surface area contributed by atoms with E-state index in [-0.39, 0.29) is 6.10 Å². The lowest BCUT2D eigenvalue weighted by molar-refractivity contribution is -0.208. The molecule has 1 saturated heterocycles. The van der Waals surface area contributed by atoms with Crippen molar-refractivity contribution in [2.24, 2.45) is 0 Å². The minimum Gasteiger partial charge on any atom is -0.382 e. The first-order chi connectivity index (χ1) is 7.39. The lowest BCUT2D eigenvalue weighted by Crippen LogP contribution is -2.42. The fourth-order valence-electron chi connectivity index (χ4n) is 1.77. The van der Waals surface area contributed by atoms with Gasteiger partial charge in [-0.3, -0.25) is 0 Å². The molecule has 1 heterocycles. The van der Waals surface area contributed by atoms with E-state index in [2.05, 4.69) is 0 Å². The molecule has 1 rings (SSSR count). The molecular formula is C10H18F3NO2. The van der Waals surface area contributed by atoms with Crippen LogP contribution in [0.1, 0.15) is 19.3 Å². The van der Waals surface area contributed by atoms with E-state index in [1.54, 1.807) is 7.05 Å². The number of rotatable bonds is 4. The summed E-state index contributed by atoms with van der Waals surface area (Å²) in [6.45, 7) is 0.719. The van der Waals surface area contributed by atoms with Crippen LogP contribution in [0, 0.1) is 0 Å². The molecule has 0 radical (unpaired) electrons. The van der Waals surface area contributed by atoms with Crippen molar-refractivity contribution in [1.29, 1.82) is 0 Å². The molecule has 0 aromatic rings. The fraction of sp³-hybridized carbons (Fsp3) is 1.00. The molecule has 3 nitrogen and oxygen atoms in total. The summed E-state index contributed by atoms with van der Waals surface area (Å²) in [5.41, 5.74) is 0. The Hall–Kier alpha value is -0.330. The van der Waals surface area contributed by atoms with E-state index in [1.165, 1.54) is 4.90 Å². The van der Waals surface area contributed by atoms with Crippen LogP contribution < -0.4 is 0 Å². The van der Waals surface area contributed by atoms with Crippen molar-refractivity contribution in [2.45, 2.75) is 37.6 Å². The van der Waals surface area contributed by atoms with E-state index in [0.29, 0.717) is 13.2 Å². The van der Waals surface area contributed by atoms with Crippen molar-refractivity contribution < 1.29 is 23.0 Å². The minimum atomic E-state index is -4.54. The van der Waals surface area contributed by atoms with Gasteiger partial charge in [-0.25, -0.2) is 0 Å². The van der Waals surface area contributed by atoms with Gasteiger partial charge >= 0.3 is 6.18 Å². The van der Waals surface area contributed by atoms with Crippen molar-refractivity contribution >= 4 is 0 Å². The number of aliphatic hydroxyl groups is 1. The van der Waals surface area contributed by atoms with Gasteiger partial charge in [-0.05, 0) is 26.3 Å². The molecule has 1 fully saturated rings. The first kappa shape index (κ1) is 13.7. The van der Waals surface area contributed by atoms with Gasteiger partial charge in [0.1, 0.15) is 0 Å². The topological polar surface area (TPSA) is 32.7 Å². The highest BCUT2D eigenvalue weighted by Crippen LogP contribution is 2.21. The molecular weight excluding hydrogens is 223 g/mol. The Kier molecular flexibility index (Phi) is 5.01. The summed E-state index contributed by atoms with van der Waals surface area (Å²) in [4.78, 5) is 1.47. The van der Waals surface area contributed by atoms with Gasteiger partial charge in [0.25, 0.3) is 0 Å². The largest absolute Gasteiger partial charge is 0.415 e. The van der Waals surface area contributed by atoms with E-state index >= 15 is 0 Å². The van der Waals surface area contributed by atoms with Gasteiger partial charge in [-0.1, -0.05) is 0 Å². The van der Waals surface area contributed by atoms with Gasteiger partial charge < -0.3 is 14.7 Å². The SMILES string of the molecule is CN(CC1CCCCO1)CC(O)C(F)(F)F. The van der Waals surface area contributed by atoms with E-state index in [9.17, 15) is 13.2 Å². The minimum absolute atomic E-state index is 0.000756. The van der Waals surface area contributed by atoms with Crippen LogP contribution in [0.2, 0.25) is 0 Å². The van der Waals surface area contributed by atoms with Crippen LogP contribution in [-0.2, 0) is 4.74 Å². The molecule has 6 heteroatoms. The maximum atomic E-state index is 12.1. The average molecular weight is 241 g/mol. The quantitative estimate of drug-likeness (QED) is 0.807. The third kappa shape index (κ3) is 4.67. The van der Waals surface area contributed by atoms with E-state index in [4.69, 9.17) is 9.84 Å². The second-order valence-electron chi connectivity index (χ2n) is 4.27. The Bertz CT molecular complexity index is 205. The molecule has 0 aliphatic carbocycles. The van der Waals surface area contributed by atoms with E-state index in [1.807, 2.05) is 0 Å². The molecule has 0 bridgehead atoms. The highest BCUT2D eigenvalue weighted by molar-refractivity contribution is 4.73. The van der Waals surface area contributed by atoms with Gasteiger partial charge in [0.15, 0.2) is 6.10 Å². The summed E-state index contributed by atoms with van der Waals surface area (Å²) in [6.07, 6.45) is -3.86. The smallest absolute Gasteiger partial charge is 0.382 e. The second kappa shape index (κ2) is 5.84. The summed E-state index contributed by atoms with van der Waals surface area (Å²) in [5, 5.41) is 8.88. The van der Waals surface area contributed by atoms with Gasteiger partial charge in [0.2, 0.25) is 0 Å². The van der Waals surface area contributed by atoms with Crippen molar-refractivity contribution in [3.8, 4) is 0 Å². The number of hydrogen-bond donors (Lipinski definition) is 1. The van der Waals surface area contributed by atoms with Gasteiger partial charge in [-0.2, -0.15) is 13.2 Å². The molecule has 96 valence electrons. The average Bonchev–Trinajstić information content (AvgIpc) is 2.17. The highest BCUT2D eigenvalue weighted by Gasteiger charge is 2.38. The Morgan fingerprint density at radius 1 is 1.44 bits per heavy atom. The zero-order valence-corrected chi connectivity index (χ0v) is 9.33. The third-order valence-corrected chi connectivity index (χ3v) is 2.65. The molecule has 0 aromatic carbocycles. The Morgan fingerprint density at radius 3 is 2.62 bits per heavy atom. The zero-order chi connectivity index (χ0) is 12.2. The molecule has 1 aliphatic heterocycles. The lowest BCUT2D eigenvalue weighted by atomic mass is 10.1. The van der Waals surface area contributed by atoms with Crippen LogP contribution in [-0.4, -0.2) is 55.1 Å². The molecule has 16 heavy (non-hydrogen) atoms. The lowest BCUT2D eigenvalue weighted by Gasteiger charge is -2.28. The van der Waals surface area contributed by atoms with Crippen LogP contribution in [0.15, 0.2) is 0 Å². The maximum absolute atomic E-state index is 12.1. The first-order valence-corrected chi connectivity index (χ1v) is 5.44. The number of halogens is 3. The summed E-state index contributed by atoms with van der Waals surface area (Å²) < 4.78 is 41.7. The number of likely N-dealkylation sites (N-methyl/N-ethyl adjacent to an activating group) is 1. The summed E-state index contributed by atoms with van der Waals surface area (Å²) in [6, 6.07) is 0. The van der Waals surface area contributed by atoms with Crippen LogP contribution in [0.4, 0.5) is 13.2 Å². The van der Waals surface area contributed by atoms with Crippen molar-refractivity contribution in [2.75, 3.05) is 26.7 Å². The molecule has 0 saturated carbocycles. The fourth-order valence-corrected chi connectivity index (χ4v) is 1.77. The number of alkyl halides is 3. The van der Waals surface area contributed by atoms with E-state index in [0.717, 1.165) is 19.3 Å². The second-order valence-corrected chi connectivity index (χ2v) is 4.27. The number of hydrogen-bond acceptors (Lipinski definition) is 3. The molecule has 0 aromatic heterocycles. The number of ether oxygens (including phenoxy) is 1. The Labute approximate surface area is 93.2 Å². The maximum Gasteiger partial charge on any atom is 0.415 e. The monoisotopic (exact) mass is 241 g/mol. The van der Waals surface area contributed by atoms with Crippen LogP contribution in [0.3, 0.4) is 0 Å². The zero-order valence-electron chi connectivity index (χ0n) is 9.33. The molecule has 2 unspecified atom stereocenters. The Balaban J connectivity index is 2.26. The van der Waals surface area contributed by atoms with Crippen LogP contribution in [0.25, 0.3) is 0 Å². The molecule has 0 spiro atoms.